The van der Waals surface area contributed by atoms with Crippen LogP contribution in [0.15, 0.2) is 22.6 Å². The summed E-state index contributed by atoms with van der Waals surface area (Å²) in [6, 6.07) is 4.29. The average molecular weight is 384 g/mol. The van der Waals surface area contributed by atoms with Crippen LogP contribution >= 0.6 is 0 Å². The average Bonchev–Trinajstić information content (AvgIpc) is 3.12. The number of nitrogens with zero attached hydrogens (tertiary/aromatic N) is 4. The van der Waals surface area contributed by atoms with Gasteiger partial charge in [-0.2, -0.15) is 13.2 Å². The lowest BCUT2D eigenvalue weighted by molar-refractivity contribution is -0.385. The number of benzene rings is 1. The number of halogens is 3. The second kappa shape index (κ2) is 6.97. The SMILES string of the molecule is Cc1c(C(=O)N2CCC(c3nnc(C(F)(F)F)o3)CC2)cccc1[N+](=O)[O-]. The van der Waals surface area contributed by atoms with E-state index in [9.17, 15) is 28.1 Å². The number of nitro groups is 1. The fourth-order valence-corrected chi connectivity index (χ4v) is 3.07. The number of aromatic nitrogens is 2. The largest absolute Gasteiger partial charge is 0.470 e. The standard InChI is InChI=1S/C16H15F3N4O4/c1-9-11(3-2-4-12(9)23(25)26)14(24)22-7-5-10(6-8-22)13-20-21-15(27-13)16(17,18)19/h2-4,10H,5-8H2,1H3. The Hall–Kier alpha value is -2.98. The third kappa shape index (κ3) is 3.76. The van der Waals surface area contributed by atoms with Crippen LogP contribution in [-0.2, 0) is 6.18 Å². The molecule has 144 valence electrons. The maximum atomic E-state index is 12.7. The van der Waals surface area contributed by atoms with Gasteiger partial charge in [-0.05, 0) is 25.8 Å². The summed E-state index contributed by atoms with van der Waals surface area (Å²) in [5.74, 6) is -2.20. The molecule has 3 rings (SSSR count). The van der Waals surface area contributed by atoms with Crippen LogP contribution in [0.1, 0.15) is 46.5 Å². The predicted molar refractivity (Wildman–Crippen MR) is 85.0 cm³/mol. The van der Waals surface area contributed by atoms with Crippen molar-refractivity contribution < 1.29 is 27.3 Å². The molecule has 0 bridgehead atoms. The molecule has 1 fully saturated rings. The second-order valence-corrected chi connectivity index (χ2v) is 6.22. The Morgan fingerprint density at radius 3 is 2.52 bits per heavy atom. The monoisotopic (exact) mass is 384 g/mol. The van der Waals surface area contributed by atoms with E-state index in [1.54, 1.807) is 0 Å². The number of rotatable bonds is 3. The van der Waals surface area contributed by atoms with Gasteiger partial charge < -0.3 is 9.32 Å². The van der Waals surface area contributed by atoms with Crippen LogP contribution in [0.5, 0.6) is 0 Å². The zero-order chi connectivity index (χ0) is 19.8. The van der Waals surface area contributed by atoms with Crippen molar-refractivity contribution in [2.24, 2.45) is 0 Å². The molecule has 0 saturated carbocycles. The summed E-state index contributed by atoms with van der Waals surface area (Å²) in [4.78, 5) is 24.7. The highest BCUT2D eigenvalue weighted by atomic mass is 19.4. The van der Waals surface area contributed by atoms with Gasteiger partial charge in [0.05, 0.1) is 4.92 Å². The van der Waals surface area contributed by atoms with Crippen molar-refractivity contribution in [3.63, 3.8) is 0 Å². The van der Waals surface area contributed by atoms with Crippen molar-refractivity contribution in [1.29, 1.82) is 0 Å². The normalized spacial score (nSPS) is 15.8. The zero-order valence-corrected chi connectivity index (χ0v) is 14.2. The molecule has 27 heavy (non-hydrogen) atoms. The number of likely N-dealkylation sites (tertiary alicyclic amines) is 1. The molecular formula is C16H15F3N4O4. The molecule has 0 spiro atoms. The quantitative estimate of drug-likeness (QED) is 0.594. The lowest BCUT2D eigenvalue weighted by Crippen LogP contribution is -2.38. The van der Waals surface area contributed by atoms with Gasteiger partial charge >= 0.3 is 12.1 Å². The third-order valence-electron chi connectivity index (χ3n) is 4.55. The van der Waals surface area contributed by atoms with E-state index >= 15 is 0 Å². The Morgan fingerprint density at radius 2 is 1.96 bits per heavy atom. The van der Waals surface area contributed by atoms with Gasteiger partial charge in [0.15, 0.2) is 0 Å². The molecule has 0 atom stereocenters. The number of hydrogen-bond donors (Lipinski definition) is 0. The van der Waals surface area contributed by atoms with Gasteiger partial charge in [0.1, 0.15) is 0 Å². The van der Waals surface area contributed by atoms with Crippen LogP contribution in [0.25, 0.3) is 0 Å². The Bertz CT molecular complexity index is 873. The van der Waals surface area contributed by atoms with Gasteiger partial charge in [-0.1, -0.05) is 6.07 Å². The minimum Gasteiger partial charge on any atom is -0.417 e. The fourth-order valence-electron chi connectivity index (χ4n) is 3.07. The summed E-state index contributed by atoms with van der Waals surface area (Å²) in [5.41, 5.74) is 0.377. The Kier molecular flexibility index (Phi) is 4.85. The van der Waals surface area contributed by atoms with Gasteiger partial charge in [0, 0.05) is 36.2 Å². The van der Waals surface area contributed by atoms with Crippen LogP contribution in [0, 0.1) is 17.0 Å². The van der Waals surface area contributed by atoms with Crippen molar-refractivity contribution >= 4 is 11.6 Å². The molecule has 1 aliphatic rings. The van der Waals surface area contributed by atoms with Gasteiger partial charge in [-0.25, -0.2) is 0 Å². The van der Waals surface area contributed by atoms with E-state index in [4.69, 9.17) is 4.42 Å². The molecule has 1 aromatic carbocycles. The number of piperidine rings is 1. The molecule has 1 saturated heterocycles. The first-order valence-electron chi connectivity index (χ1n) is 8.12. The van der Waals surface area contributed by atoms with Gasteiger partial charge in [0.2, 0.25) is 5.89 Å². The molecule has 2 heterocycles. The smallest absolute Gasteiger partial charge is 0.417 e. The van der Waals surface area contributed by atoms with E-state index in [1.165, 1.54) is 30.0 Å². The van der Waals surface area contributed by atoms with E-state index in [2.05, 4.69) is 10.2 Å². The van der Waals surface area contributed by atoms with Gasteiger partial charge in [0.25, 0.3) is 11.6 Å². The van der Waals surface area contributed by atoms with E-state index in [-0.39, 0.29) is 47.6 Å². The highest BCUT2D eigenvalue weighted by Gasteiger charge is 2.39. The lowest BCUT2D eigenvalue weighted by atomic mass is 9.95. The molecule has 1 aliphatic heterocycles. The van der Waals surface area contributed by atoms with Gasteiger partial charge in [-0.15, -0.1) is 10.2 Å². The Labute approximate surface area is 151 Å². The maximum absolute atomic E-state index is 12.7. The lowest BCUT2D eigenvalue weighted by Gasteiger charge is -2.30. The van der Waals surface area contributed by atoms with Crippen molar-refractivity contribution in [3.8, 4) is 0 Å². The molecule has 1 amide bonds. The highest BCUT2D eigenvalue weighted by molar-refractivity contribution is 5.96. The van der Waals surface area contributed by atoms with Crippen LogP contribution in [-0.4, -0.2) is 39.0 Å². The number of hydrogen-bond acceptors (Lipinski definition) is 6. The minimum atomic E-state index is -4.69. The second-order valence-electron chi connectivity index (χ2n) is 6.22. The molecule has 0 aliphatic carbocycles. The molecule has 0 unspecified atom stereocenters. The van der Waals surface area contributed by atoms with Crippen LogP contribution in [0.4, 0.5) is 18.9 Å². The number of carbonyl (C=O) groups excluding carboxylic acids is 1. The number of nitro benzene ring substituents is 1. The Morgan fingerprint density at radius 1 is 1.30 bits per heavy atom. The summed E-state index contributed by atoms with van der Waals surface area (Å²) in [7, 11) is 0. The summed E-state index contributed by atoms with van der Waals surface area (Å²) < 4.78 is 42.4. The predicted octanol–water partition coefficient (Wildman–Crippen LogP) is 3.32. The van der Waals surface area contributed by atoms with E-state index in [1.807, 2.05) is 0 Å². The number of carbonyl (C=O) groups is 1. The number of alkyl halides is 3. The van der Waals surface area contributed by atoms with Crippen LogP contribution in [0.3, 0.4) is 0 Å². The zero-order valence-electron chi connectivity index (χ0n) is 14.2. The summed E-state index contributed by atoms with van der Waals surface area (Å²) in [6.07, 6.45) is -3.97. The molecular weight excluding hydrogens is 369 g/mol. The summed E-state index contributed by atoms with van der Waals surface area (Å²) in [5, 5.41) is 17.5. The molecule has 8 nitrogen and oxygen atoms in total. The summed E-state index contributed by atoms with van der Waals surface area (Å²) >= 11 is 0. The van der Waals surface area contributed by atoms with Crippen molar-refractivity contribution in [3.05, 3.63) is 51.2 Å². The molecule has 1 aromatic heterocycles. The molecule has 2 aromatic rings. The first-order chi connectivity index (χ1) is 12.7. The van der Waals surface area contributed by atoms with Crippen molar-refractivity contribution in [2.75, 3.05) is 13.1 Å². The highest BCUT2D eigenvalue weighted by Crippen LogP contribution is 2.33. The van der Waals surface area contributed by atoms with E-state index < -0.39 is 17.0 Å². The van der Waals surface area contributed by atoms with Gasteiger partial charge in [-0.3, -0.25) is 14.9 Å². The number of amides is 1. The van der Waals surface area contributed by atoms with Crippen LogP contribution in [0.2, 0.25) is 0 Å². The fraction of sp³-hybridized carbons (Fsp3) is 0.438. The van der Waals surface area contributed by atoms with Crippen LogP contribution < -0.4 is 0 Å². The minimum absolute atomic E-state index is 0.0963. The topological polar surface area (TPSA) is 102 Å². The van der Waals surface area contributed by atoms with E-state index in [0.717, 1.165) is 0 Å². The first-order valence-corrected chi connectivity index (χ1v) is 8.12. The van der Waals surface area contributed by atoms with Crippen molar-refractivity contribution in [1.82, 2.24) is 15.1 Å². The van der Waals surface area contributed by atoms with E-state index in [0.29, 0.717) is 12.8 Å². The Balaban J connectivity index is 1.69. The summed E-state index contributed by atoms with van der Waals surface area (Å²) in [6.45, 7) is 2.06. The molecule has 0 radical (unpaired) electrons. The maximum Gasteiger partial charge on any atom is 0.470 e. The van der Waals surface area contributed by atoms with Crippen molar-refractivity contribution in [2.45, 2.75) is 31.9 Å². The molecule has 11 heteroatoms. The molecule has 0 N–H and O–H groups in total. The first kappa shape index (κ1) is 18.8. The third-order valence-corrected chi connectivity index (χ3v) is 4.55.